The normalized spacial score (nSPS) is 10.5. The van der Waals surface area contributed by atoms with Gasteiger partial charge >= 0.3 is 6.09 Å². The van der Waals surface area contributed by atoms with Crippen LogP contribution in [0.25, 0.3) is 0 Å². The lowest BCUT2D eigenvalue weighted by Crippen LogP contribution is -2.33. The van der Waals surface area contributed by atoms with E-state index < -0.39 is 0 Å². The molecule has 0 bridgehead atoms. The maximum absolute atomic E-state index is 13.1. The van der Waals surface area contributed by atoms with Crippen LogP contribution in [0.2, 0.25) is 0 Å². The molecule has 1 amide bonds. The zero-order chi connectivity index (χ0) is 25.0. The molecule has 0 atom stereocenters. The van der Waals surface area contributed by atoms with Crippen LogP contribution in [0.1, 0.15) is 22.4 Å². The summed E-state index contributed by atoms with van der Waals surface area (Å²) in [6, 6.07) is 31.1. The number of methoxy groups -OCH3 is 1. The Kier molecular flexibility index (Phi) is 8.92. The molecule has 0 aliphatic carbocycles. The maximum Gasteiger partial charge on any atom is 0.410 e. The summed E-state index contributed by atoms with van der Waals surface area (Å²) in [6.07, 6.45) is 2.00. The molecular formula is C30H30N2O4. The summed E-state index contributed by atoms with van der Waals surface area (Å²) >= 11 is 0. The maximum atomic E-state index is 13.1. The number of amides is 1. The van der Waals surface area contributed by atoms with E-state index in [1.807, 2.05) is 97.1 Å². The first-order valence-corrected chi connectivity index (χ1v) is 11.9. The minimum atomic E-state index is -0.377. The van der Waals surface area contributed by atoms with Crippen molar-refractivity contribution in [3.8, 4) is 11.5 Å². The second kappa shape index (κ2) is 13.0. The molecule has 0 saturated heterocycles. The van der Waals surface area contributed by atoms with E-state index in [9.17, 15) is 4.79 Å². The monoisotopic (exact) mass is 482 g/mol. The summed E-state index contributed by atoms with van der Waals surface area (Å²) < 4.78 is 17.2. The molecule has 0 radical (unpaired) electrons. The molecule has 6 nitrogen and oxygen atoms in total. The van der Waals surface area contributed by atoms with Gasteiger partial charge in [-0.2, -0.15) is 0 Å². The number of aromatic nitrogens is 1. The molecule has 3 aromatic carbocycles. The van der Waals surface area contributed by atoms with Crippen LogP contribution >= 0.6 is 0 Å². The third-order valence-electron chi connectivity index (χ3n) is 5.67. The predicted molar refractivity (Wildman–Crippen MR) is 139 cm³/mol. The van der Waals surface area contributed by atoms with E-state index in [2.05, 4.69) is 4.98 Å². The molecule has 0 N–H and O–H groups in total. The van der Waals surface area contributed by atoms with Crippen molar-refractivity contribution in [2.45, 2.75) is 26.2 Å². The van der Waals surface area contributed by atoms with Crippen LogP contribution in [0.4, 0.5) is 4.79 Å². The summed E-state index contributed by atoms with van der Waals surface area (Å²) in [5.41, 5.74) is 3.85. The van der Waals surface area contributed by atoms with Gasteiger partial charge in [-0.15, -0.1) is 0 Å². The summed E-state index contributed by atoms with van der Waals surface area (Å²) in [6.45, 7) is 1.50. The number of carbonyl (C=O) groups excluding carboxylic acids is 1. The topological polar surface area (TPSA) is 60.9 Å². The van der Waals surface area contributed by atoms with Gasteiger partial charge in [0.1, 0.15) is 13.2 Å². The number of hydrogen-bond acceptors (Lipinski definition) is 5. The fraction of sp³-hybridized carbons (Fsp3) is 0.200. The van der Waals surface area contributed by atoms with Crippen molar-refractivity contribution >= 4 is 6.09 Å². The minimum absolute atomic E-state index is 0.218. The number of carbonyl (C=O) groups is 1. The SMILES string of the molecule is COc1cc(CN(CCc2ccccn2)C(=O)OCc2ccccc2)ccc1OCc1ccccc1. The van der Waals surface area contributed by atoms with Gasteiger partial charge in [0, 0.05) is 31.4 Å². The average molecular weight is 483 g/mol. The molecule has 6 heteroatoms. The smallest absolute Gasteiger partial charge is 0.410 e. The number of rotatable bonds is 11. The van der Waals surface area contributed by atoms with Crippen LogP contribution in [0.15, 0.2) is 103 Å². The van der Waals surface area contributed by atoms with Crippen molar-refractivity contribution in [1.82, 2.24) is 9.88 Å². The number of hydrogen-bond donors (Lipinski definition) is 0. The summed E-state index contributed by atoms with van der Waals surface area (Å²) in [7, 11) is 1.61. The Labute approximate surface area is 212 Å². The van der Waals surface area contributed by atoms with Gasteiger partial charge in [-0.1, -0.05) is 72.8 Å². The molecule has 4 aromatic rings. The van der Waals surface area contributed by atoms with E-state index in [1.165, 1.54) is 0 Å². The van der Waals surface area contributed by atoms with Crippen LogP contribution in [0, 0.1) is 0 Å². The average Bonchev–Trinajstić information content (AvgIpc) is 2.94. The first kappa shape index (κ1) is 24.8. The summed E-state index contributed by atoms with van der Waals surface area (Å²) in [4.78, 5) is 19.1. The molecule has 1 heterocycles. The fourth-order valence-electron chi connectivity index (χ4n) is 3.73. The molecule has 0 unspecified atom stereocenters. The number of pyridine rings is 1. The Morgan fingerprint density at radius 2 is 1.47 bits per heavy atom. The Morgan fingerprint density at radius 1 is 0.778 bits per heavy atom. The van der Waals surface area contributed by atoms with E-state index in [0.29, 0.717) is 37.6 Å². The number of ether oxygens (including phenoxy) is 3. The molecule has 4 rings (SSSR count). The van der Waals surface area contributed by atoms with Crippen molar-refractivity contribution < 1.29 is 19.0 Å². The highest BCUT2D eigenvalue weighted by Crippen LogP contribution is 2.29. The lowest BCUT2D eigenvalue weighted by Gasteiger charge is -2.23. The van der Waals surface area contributed by atoms with E-state index in [0.717, 1.165) is 22.4 Å². The standard InChI is InChI=1S/C30H30N2O4/c1-34-29-20-26(15-16-28(29)35-22-24-10-4-2-5-11-24)21-32(19-17-27-14-8-9-18-31-27)30(33)36-23-25-12-6-3-7-13-25/h2-16,18,20H,17,19,21-23H2,1H3. The Morgan fingerprint density at radius 3 is 2.14 bits per heavy atom. The summed E-state index contributed by atoms with van der Waals surface area (Å²) in [5, 5.41) is 0. The third-order valence-corrected chi connectivity index (χ3v) is 5.67. The molecule has 0 aliphatic heterocycles. The van der Waals surface area contributed by atoms with Gasteiger partial charge in [0.15, 0.2) is 11.5 Å². The van der Waals surface area contributed by atoms with Crippen molar-refractivity contribution in [2.24, 2.45) is 0 Å². The van der Waals surface area contributed by atoms with Crippen LogP contribution in [-0.4, -0.2) is 29.6 Å². The van der Waals surface area contributed by atoms with Crippen molar-refractivity contribution in [3.63, 3.8) is 0 Å². The Balaban J connectivity index is 1.44. The molecule has 36 heavy (non-hydrogen) atoms. The summed E-state index contributed by atoms with van der Waals surface area (Å²) in [5.74, 6) is 1.27. The van der Waals surface area contributed by atoms with Gasteiger partial charge in [0.25, 0.3) is 0 Å². The van der Waals surface area contributed by atoms with Gasteiger partial charge in [-0.05, 0) is 41.0 Å². The Bertz CT molecular complexity index is 1220. The van der Waals surface area contributed by atoms with E-state index >= 15 is 0 Å². The molecular weight excluding hydrogens is 452 g/mol. The van der Waals surface area contributed by atoms with Crippen LogP contribution in [-0.2, 0) is 30.9 Å². The molecule has 0 spiro atoms. The van der Waals surface area contributed by atoms with E-state index in [4.69, 9.17) is 14.2 Å². The molecule has 0 aliphatic rings. The van der Waals surface area contributed by atoms with Crippen LogP contribution in [0.5, 0.6) is 11.5 Å². The third kappa shape index (κ3) is 7.34. The van der Waals surface area contributed by atoms with Crippen molar-refractivity contribution in [1.29, 1.82) is 0 Å². The van der Waals surface area contributed by atoms with Gasteiger partial charge in [-0.3, -0.25) is 4.98 Å². The highest BCUT2D eigenvalue weighted by Gasteiger charge is 2.17. The minimum Gasteiger partial charge on any atom is -0.493 e. The Hall–Kier alpha value is -4.32. The second-order valence-electron chi connectivity index (χ2n) is 8.29. The van der Waals surface area contributed by atoms with Crippen LogP contribution < -0.4 is 9.47 Å². The van der Waals surface area contributed by atoms with Gasteiger partial charge in [0.05, 0.1) is 7.11 Å². The lowest BCUT2D eigenvalue weighted by atomic mass is 10.1. The van der Waals surface area contributed by atoms with Crippen LogP contribution in [0.3, 0.4) is 0 Å². The first-order valence-electron chi connectivity index (χ1n) is 11.9. The van der Waals surface area contributed by atoms with E-state index in [-0.39, 0.29) is 12.7 Å². The highest BCUT2D eigenvalue weighted by molar-refractivity contribution is 5.67. The molecule has 0 saturated carbocycles. The van der Waals surface area contributed by atoms with Crippen molar-refractivity contribution in [3.05, 3.63) is 126 Å². The lowest BCUT2D eigenvalue weighted by molar-refractivity contribution is 0.0939. The van der Waals surface area contributed by atoms with Gasteiger partial charge in [-0.25, -0.2) is 4.79 Å². The zero-order valence-corrected chi connectivity index (χ0v) is 20.4. The molecule has 0 fully saturated rings. The number of benzene rings is 3. The molecule has 184 valence electrons. The molecule has 1 aromatic heterocycles. The zero-order valence-electron chi connectivity index (χ0n) is 20.4. The largest absolute Gasteiger partial charge is 0.493 e. The first-order chi connectivity index (χ1) is 17.7. The quantitative estimate of drug-likeness (QED) is 0.260. The van der Waals surface area contributed by atoms with Crippen molar-refractivity contribution in [2.75, 3.05) is 13.7 Å². The van der Waals surface area contributed by atoms with E-state index in [1.54, 1.807) is 18.2 Å². The number of nitrogens with zero attached hydrogens (tertiary/aromatic N) is 2. The fourth-order valence-corrected chi connectivity index (χ4v) is 3.73. The predicted octanol–water partition coefficient (Wildman–Crippen LogP) is 6.05. The highest BCUT2D eigenvalue weighted by atomic mass is 16.6. The second-order valence-corrected chi connectivity index (χ2v) is 8.29. The van der Waals surface area contributed by atoms with Gasteiger partial charge in [0.2, 0.25) is 0 Å². The van der Waals surface area contributed by atoms with Gasteiger partial charge < -0.3 is 19.1 Å².